The predicted molar refractivity (Wildman–Crippen MR) is 76.4 cm³/mol. The number of fused-ring (bicyclic) bond motifs is 1. The summed E-state index contributed by atoms with van der Waals surface area (Å²) in [5.41, 5.74) is 6.61. The molecule has 0 saturated carbocycles. The molecule has 2 amide bonds. The van der Waals surface area contributed by atoms with Gasteiger partial charge in [0.25, 0.3) is 5.91 Å². The molecule has 0 aromatic heterocycles. The van der Waals surface area contributed by atoms with Gasteiger partial charge in [-0.25, -0.2) is 0 Å². The van der Waals surface area contributed by atoms with E-state index in [4.69, 9.17) is 17.3 Å². The zero-order chi connectivity index (χ0) is 14.3. The molecule has 2 unspecified atom stereocenters. The number of nitrogen functional groups attached to an aromatic ring is 1. The maximum absolute atomic E-state index is 12.7. The van der Waals surface area contributed by atoms with E-state index in [1.165, 1.54) is 0 Å². The van der Waals surface area contributed by atoms with Crippen LogP contribution in [-0.4, -0.2) is 35.8 Å². The molecule has 2 aliphatic heterocycles. The fourth-order valence-electron chi connectivity index (χ4n) is 3.08. The lowest BCUT2D eigenvalue weighted by atomic mass is 9.91. The van der Waals surface area contributed by atoms with Crippen LogP contribution in [-0.2, 0) is 4.79 Å². The Morgan fingerprint density at radius 3 is 3.05 bits per heavy atom. The van der Waals surface area contributed by atoms with Crippen molar-refractivity contribution in [2.24, 2.45) is 5.92 Å². The van der Waals surface area contributed by atoms with Gasteiger partial charge in [-0.3, -0.25) is 9.59 Å². The van der Waals surface area contributed by atoms with Gasteiger partial charge in [0.15, 0.2) is 0 Å². The number of rotatable bonds is 1. The number of amides is 2. The zero-order valence-corrected chi connectivity index (χ0v) is 11.7. The number of nitrogens with two attached hydrogens (primary N) is 1. The van der Waals surface area contributed by atoms with Crippen LogP contribution in [0.4, 0.5) is 5.69 Å². The second-order valence-electron chi connectivity index (χ2n) is 5.26. The average molecular weight is 294 g/mol. The maximum Gasteiger partial charge on any atom is 0.256 e. The summed E-state index contributed by atoms with van der Waals surface area (Å²) in [6.45, 7) is 1.18. The van der Waals surface area contributed by atoms with E-state index in [-0.39, 0.29) is 23.8 Å². The third kappa shape index (κ3) is 2.02. The first-order valence-electron chi connectivity index (χ1n) is 6.72. The van der Waals surface area contributed by atoms with Crippen LogP contribution < -0.4 is 11.1 Å². The van der Waals surface area contributed by atoms with Crippen molar-refractivity contribution in [3.63, 3.8) is 0 Å². The predicted octanol–water partition coefficient (Wildman–Crippen LogP) is 1.27. The summed E-state index contributed by atoms with van der Waals surface area (Å²) in [4.78, 5) is 26.2. The second-order valence-corrected chi connectivity index (χ2v) is 5.67. The van der Waals surface area contributed by atoms with Crippen LogP contribution in [0.5, 0.6) is 0 Å². The smallest absolute Gasteiger partial charge is 0.256 e. The third-order valence-corrected chi connectivity index (χ3v) is 4.47. The van der Waals surface area contributed by atoms with E-state index in [0.717, 1.165) is 12.8 Å². The van der Waals surface area contributed by atoms with Gasteiger partial charge in [0, 0.05) is 13.1 Å². The number of nitrogens with zero attached hydrogens (tertiary/aromatic N) is 1. The van der Waals surface area contributed by atoms with E-state index >= 15 is 0 Å². The zero-order valence-electron chi connectivity index (χ0n) is 10.9. The Hall–Kier alpha value is -1.75. The molecule has 2 atom stereocenters. The normalized spacial score (nSPS) is 25.2. The monoisotopic (exact) mass is 293 g/mol. The van der Waals surface area contributed by atoms with Crippen molar-refractivity contribution in [2.75, 3.05) is 18.8 Å². The van der Waals surface area contributed by atoms with Crippen molar-refractivity contribution in [3.05, 3.63) is 28.8 Å². The minimum Gasteiger partial charge on any atom is -0.397 e. The molecule has 0 spiro atoms. The summed E-state index contributed by atoms with van der Waals surface area (Å²) < 4.78 is 0. The molecule has 0 bridgehead atoms. The molecule has 106 valence electrons. The Kier molecular flexibility index (Phi) is 3.30. The molecule has 0 aliphatic carbocycles. The van der Waals surface area contributed by atoms with Crippen molar-refractivity contribution in [2.45, 2.75) is 18.9 Å². The fourth-order valence-corrected chi connectivity index (χ4v) is 3.26. The minimum absolute atomic E-state index is 0.0477. The van der Waals surface area contributed by atoms with Crippen LogP contribution in [0.2, 0.25) is 5.02 Å². The van der Waals surface area contributed by atoms with Crippen molar-refractivity contribution in [1.29, 1.82) is 0 Å². The number of piperidine rings is 1. The average Bonchev–Trinajstić information content (AvgIpc) is 2.83. The molecule has 3 N–H and O–H groups in total. The number of para-hydroxylation sites is 1. The SMILES string of the molecule is Nc1c(Cl)cccc1C(=O)N1CCCC2C(=O)NCC21. The number of halogens is 1. The van der Waals surface area contributed by atoms with Crippen LogP contribution in [0, 0.1) is 5.92 Å². The number of carbonyl (C=O) groups is 2. The molecule has 2 saturated heterocycles. The molecule has 6 heteroatoms. The highest BCUT2D eigenvalue weighted by atomic mass is 35.5. The highest BCUT2D eigenvalue weighted by Gasteiger charge is 2.42. The summed E-state index contributed by atoms with van der Waals surface area (Å²) in [5, 5.41) is 3.21. The molecular formula is C14H16ClN3O2. The number of carbonyl (C=O) groups excluding carboxylic acids is 2. The molecule has 2 aliphatic rings. The number of benzene rings is 1. The van der Waals surface area contributed by atoms with E-state index in [2.05, 4.69) is 5.32 Å². The summed E-state index contributed by atoms with van der Waals surface area (Å²) in [6.07, 6.45) is 1.67. The lowest BCUT2D eigenvalue weighted by Gasteiger charge is -2.36. The van der Waals surface area contributed by atoms with E-state index in [0.29, 0.717) is 29.4 Å². The Morgan fingerprint density at radius 2 is 2.25 bits per heavy atom. The summed E-state index contributed by atoms with van der Waals surface area (Å²) in [5.74, 6) is -0.184. The summed E-state index contributed by atoms with van der Waals surface area (Å²) in [7, 11) is 0. The standard InChI is InChI=1S/C14H16ClN3O2/c15-10-5-1-3-9(12(10)16)14(20)18-6-2-4-8-11(18)7-17-13(8)19/h1,3,5,8,11H,2,4,6-7,16H2,(H,17,19). The molecule has 5 nitrogen and oxygen atoms in total. The Balaban J connectivity index is 1.90. The molecule has 20 heavy (non-hydrogen) atoms. The quantitative estimate of drug-likeness (QED) is 0.766. The van der Waals surface area contributed by atoms with Gasteiger partial charge >= 0.3 is 0 Å². The number of anilines is 1. The van der Waals surface area contributed by atoms with Crippen LogP contribution in [0.15, 0.2) is 18.2 Å². The summed E-state index contributed by atoms with van der Waals surface area (Å²) >= 11 is 5.97. The third-order valence-electron chi connectivity index (χ3n) is 4.15. The van der Waals surface area contributed by atoms with Gasteiger partial charge in [-0.05, 0) is 25.0 Å². The lowest BCUT2D eigenvalue weighted by molar-refractivity contribution is -0.123. The topological polar surface area (TPSA) is 75.4 Å². The molecule has 1 aromatic carbocycles. The van der Waals surface area contributed by atoms with Crippen LogP contribution in [0.25, 0.3) is 0 Å². The Morgan fingerprint density at radius 1 is 1.45 bits per heavy atom. The number of likely N-dealkylation sites (tertiary alicyclic amines) is 1. The van der Waals surface area contributed by atoms with Crippen LogP contribution in [0.3, 0.4) is 0 Å². The van der Waals surface area contributed by atoms with Crippen molar-refractivity contribution in [1.82, 2.24) is 10.2 Å². The van der Waals surface area contributed by atoms with E-state index in [9.17, 15) is 9.59 Å². The summed E-state index contributed by atoms with van der Waals surface area (Å²) in [6, 6.07) is 4.98. The highest BCUT2D eigenvalue weighted by Crippen LogP contribution is 2.30. The van der Waals surface area contributed by atoms with Gasteiger partial charge < -0.3 is 16.0 Å². The number of hydrogen-bond acceptors (Lipinski definition) is 3. The first kappa shape index (κ1) is 13.2. The molecule has 2 fully saturated rings. The highest BCUT2D eigenvalue weighted by molar-refractivity contribution is 6.33. The van der Waals surface area contributed by atoms with Crippen molar-refractivity contribution in [3.8, 4) is 0 Å². The number of hydrogen-bond donors (Lipinski definition) is 2. The van der Waals surface area contributed by atoms with Crippen LogP contribution >= 0.6 is 11.6 Å². The first-order chi connectivity index (χ1) is 9.59. The molecule has 1 aromatic rings. The van der Waals surface area contributed by atoms with Crippen molar-refractivity contribution >= 4 is 29.1 Å². The van der Waals surface area contributed by atoms with Gasteiger partial charge in [-0.1, -0.05) is 17.7 Å². The Labute approximate surface area is 122 Å². The van der Waals surface area contributed by atoms with E-state index in [1.807, 2.05) is 0 Å². The van der Waals surface area contributed by atoms with Crippen molar-refractivity contribution < 1.29 is 9.59 Å². The van der Waals surface area contributed by atoms with E-state index in [1.54, 1.807) is 23.1 Å². The fraction of sp³-hybridized carbons (Fsp3) is 0.429. The molecule has 2 heterocycles. The minimum atomic E-state index is -0.142. The molecular weight excluding hydrogens is 278 g/mol. The van der Waals surface area contributed by atoms with Gasteiger partial charge in [0.2, 0.25) is 5.91 Å². The largest absolute Gasteiger partial charge is 0.397 e. The second kappa shape index (κ2) is 4.98. The van der Waals surface area contributed by atoms with Gasteiger partial charge in [0.05, 0.1) is 28.2 Å². The van der Waals surface area contributed by atoms with Gasteiger partial charge in [-0.15, -0.1) is 0 Å². The van der Waals surface area contributed by atoms with Gasteiger partial charge in [0.1, 0.15) is 0 Å². The van der Waals surface area contributed by atoms with Crippen LogP contribution in [0.1, 0.15) is 23.2 Å². The lowest BCUT2D eigenvalue weighted by Crippen LogP contribution is -2.48. The molecule has 0 radical (unpaired) electrons. The first-order valence-corrected chi connectivity index (χ1v) is 7.10. The Bertz CT molecular complexity index is 576. The van der Waals surface area contributed by atoms with Gasteiger partial charge in [-0.2, -0.15) is 0 Å². The molecule has 3 rings (SSSR count). The maximum atomic E-state index is 12.7. The van der Waals surface area contributed by atoms with E-state index < -0.39 is 0 Å². The number of nitrogens with one attached hydrogen (secondary N) is 1.